The molecule has 2 fully saturated rings. The number of cyclic esters (lactones) is 1. The van der Waals surface area contributed by atoms with E-state index >= 15 is 14.4 Å². The third-order valence-corrected chi connectivity index (χ3v) is 12.1. The fraction of sp³-hybridized carbons (Fsp3) is 0.283. The molecule has 11 heteroatoms. The zero-order chi connectivity index (χ0) is 39.3. The van der Waals surface area contributed by atoms with E-state index in [1.165, 1.54) is 0 Å². The molecule has 57 heavy (non-hydrogen) atoms. The van der Waals surface area contributed by atoms with E-state index in [1.54, 1.807) is 25.2 Å². The Labute approximate surface area is 330 Å². The van der Waals surface area contributed by atoms with E-state index in [2.05, 4.69) is 10.2 Å². The van der Waals surface area contributed by atoms with Gasteiger partial charge < -0.3 is 34.3 Å². The summed E-state index contributed by atoms with van der Waals surface area (Å²) in [6.07, 6.45) is -0.257. The van der Waals surface area contributed by atoms with Crippen molar-refractivity contribution in [3.8, 4) is 17.2 Å². The smallest absolute Gasteiger partial charge is 0.324 e. The molecular weight excluding hydrogens is 723 g/mol. The molecule has 2 amide bonds. The second-order valence-electron chi connectivity index (χ2n) is 14.9. The molecule has 0 radical (unpaired) electrons. The molecule has 4 heterocycles. The van der Waals surface area contributed by atoms with Crippen molar-refractivity contribution in [3.05, 3.63) is 155 Å². The number of amides is 2. The van der Waals surface area contributed by atoms with Crippen molar-refractivity contribution in [2.75, 3.05) is 39.3 Å². The summed E-state index contributed by atoms with van der Waals surface area (Å²) in [7, 11) is 3.17. The first kappa shape index (κ1) is 36.5. The number of aliphatic hydroxyl groups excluding tert-OH is 1. The van der Waals surface area contributed by atoms with Crippen molar-refractivity contribution in [1.82, 2.24) is 9.80 Å². The fourth-order valence-corrected chi connectivity index (χ4v) is 9.76. The highest BCUT2D eigenvalue weighted by molar-refractivity contribution is 6.12. The summed E-state index contributed by atoms with van der Waals surface area (Å²) in [6, 6.07) is 35.3. The van der Waals surface area contributed by atoms with Gasteiger partial charge in [-0.15, -0.1) is 0 Å². The lowest BCUT2D eigenvalue weighted by Crippen LogP contribution is -2.56. The molecule has 6 atom stereocenters. The third-order valence-electron chi connectivity index (χ3n) is 12.1. The minimum atomic E-state index is -1.63. The highest BCUT2D eigenvalue weighted by Gasteiger charge is 2.74. The first-order valence-corrected chi connectivity index (χ1v) is 19.2. The number of para-hydroxylation sites is 2. The average molecular weight is 766 g/mol. The number of hydrogen-bond acceptors (Lipinski definition) is 9. The maximum atomic E-state index is 15.8. The Bertz CT molecular complexity index is 2340. The summed E-state index contributed by atoms with van der Waals surface area (Å²) in [5.74, 6) is -0.953. The summed E-state index contributed by atoms with van der Waals surface area (Å²) in [5.41, 5.74) is 3.72. The number of methoxy groups -OCH3 is 2. The number of hydrogen-bond donors (Lipinski definition) is 2. The van der Waals surface area contributed by atoms with Crippen molar-refractivity contribution in [2.45, 2.75) is 42.6 Å². The monoisotopic (exact) mass is 765 g/mol. The molecule has 2 saturated heterocycles. The maximum absolute atomic E-state index is 15.8. The van der Waals surface area contributed by atoms with Crippen LogP contribution in [0.25, 0.3) is 0 Å². The van der Waals surface area contributed by atoms with Crippen molar-refractivity contribution in [1.29, 1.82) is 0 Å². The minimum absolute atomic E-state index is 0.00351. The Morgan fingerprint density at radius 1 is 0.807 bits per heavy atom. The Kier molecular flexibility index (Phi) is 9.42. The standard InChI is InChI=1S/C46H43N3O8/c1-54-36-25-30-21-22-48(27-31(30)26-37(36)55-2)43(51)38-40-44(52)57-41(29-15-7-4-8-16-29)39(28-13-5-3-6-14-28)49(40)42(32-17-9-12-20-35(32)56-24-23-50)46(38)33-18-10-11-19-34(33)47-45(46)53/h3-20,25-26,38-42,50H,21-24,27H2,1-2H3,(H,47,53). The molecule has 290 valence electrons. The SMILES string of the molecule is COc1cc2c(cc1OC)CN(C(=O)C1C3C(=O)OC(c4ccccc4)C(c4ccccc4)N3C(c3ccccc3OCCO)C13C(=O)Nc1ccccc13)CC2. The summed E-state index contributed by atoms with van der Waals surface area (Å²) in [4.78, 5) is 50.2. The molecule has 0 bridgehead atoms. The van der Waals surface area contributed by atoms with E-state index in [4.69, 9.17) is 18.9 Å². The van der Waals surface area contributed by atoms with Gasteiger partial charge >= 0.3 is 5.97 Å². The van der Waals surface area contributed by atoms with E-state index in [0.717, 1.165) is 22.3 Å². The average Bonchev–Trinajstić information content (AvgIpc) is 3.74. The van der Waals surface area contributed by atoms with E-state index in [1.807, 2.05) is 115 Å². The van der Waals surface area contributed by atoms with Crippen molar-refractivity contribution in [2.24, 2.45) is 5.92 Å². The van der Waals surface area contributed by atoms with Gasteiger partial charge in [-0.05, 0) is 58.5 Å². The molecule has 0 aliphatic carbocycles. The van der Waals surface area contributed by atoms with Gasteiger partial charge in [0.15, 0.2) is 11.5 Å². The van der Waals surface area contributed by atoms with E-state index in [0.29, 0.717) is 47.0 Å². The molecule has 6 unspecified atom stereocenters. The van der Waals surface area contributed by atoms with Gasteiger partial charge in [0.2, 0.25) is 11.8 Å². The molecule has 9 rings (SSSR count). The summed E-state index contributed by atoms with van der Waals surface area (Å²) < 4.78 is 24.0. The molecule has 2 N–H and O–H groups in total. The number of anilines is 1. The number of rotatable bonds is 9. The van der Waals surface area contributed by atoms with Gasteiger partial charge in [-0.3, -0.25) is 19.3 Å². The number of carbonyl (C=O) groups excluding carboxylic acids is 3. The lowest BCUT2D eigenvalue weighted by molar-refractivity contribution is -0.179. The van der Waals surface area contributed by atoms with Crippen molar-refractivity contribution in [3.63, 3.8) is 0 Å². The third kappa shape index (κ3) is 5.75. The zero-order valence-corrected chi connectivity index (χ0v) is 31.7. The molecule has 0 saturated carbocycles. The van der Waals surface area contributed by atoms with Gasteiger partial charge in [0.25, 0.3) is 0 Å². The van der Waals surface area contributed by atoms with E-state index in [9.17, 15) is 5.11 Å². The molecular formula is C46H43N3O8. The van der Waals surface area contributed by atoms with Gasteiger partial charge in [-0.2, -0.15) is 0 Å². The number of benzene rings is 5. The number of ether oxygens (including phenoxy) is 4. The largest absolute Gasteiger partial charge is 0.493 e. The summed E-state index contributed by atoms with van der Waals surface area (Å²) in [5, 5.41) is 13.0. The number of esters is 1. The van der Waals surface area contributed by atoms with Gasteiger partial charge in [-0.25, -0.2) is 0 Å². The number of nitrogens with zero attached hydrogens (tertiary/aromatic N) is 2. The zero-order valence-electron chi connectivity index (χ0n) is 31.7. The first-order chi connectivity index (χ1) is 27.9. The molecule has 4 aliphatic heterocycles. The van der Waals surface area contributed by atoms with Crippen LogP contribution in [0.3, 0.4) is 0 Å². The normalized spacial score (nSPS) is 24.9. The second-order valence-corrected chi connectivity index (χ2v) is 14.9. The first-order valence-electron chi connectivity index (χ1n) is 19.2. The lowest BCUT2D eigenvalue weighted by Gasteiger charge is -2.46. The number of aliphatic hydroxyl groups is 1. The number of carbonyl (C=O) groups is 3. The van der Waals surface area contributed by atoms with Crippen LogP contribution in [0.1, 0.15) is 51.6 Å². The molecule has 4 aliphatic rings. The second kappa shape index (κ2) is 14.7. The Balaban J connectivity index is 1.30. The predicted molar refractivity (Wildman–Crippen MR) is 211 cm³/mol. The minimum Gasteiger partial charge on any atom is -0.493 e. The van der Waals surface area contributed by atoms with Crippen LogP contribution < -0.4 is 19.5 Å². The van der Waals surface area contributed by atoms with E-state index < -0.39 is 47.4 Å². The van der Waals surface area contributed by atoms with Crippen LogP contribution in [0.2, 0.25) is 0 Å². The Hall–Kier alpha value is -6.17. The van der Waals surface area contributed by atoms with Crippen LogP contribution in [0.15, 0.2) is 121 Å². The van der Waals surface area contributed by atoms with E-state index in [-0.39, 0.29) is 25.7 Å². The fourth-order valence-electron chi connectivity index (χ4n) is 9.76. The van der Waals surface area contributed by atoms with Crippen LogP contribution in [0.4, 0.5) is 5.69 Å². The van der Waals surface area contributed by atoms with Crippen molar-refractivity contribution >= 4 is 23.5 Å². The predicted octanol–water partition coefficient (Wildman–Crippen LogP) is 5.93. The molecule has 5 aromatic carbocycles. The van der Waals surface area contributed by atoms with Crippen LogP contribution in [0, 0.1) is 5.92 Å². The van der Waals surface area contributed by atoms with Gasteiger partial charge in [0.05, 0.1) is 38.8 Å². The Morgan fingerprint density at radius 3 is 2.18 bits per heavy atom. The number of morpholine rings is 1. The van der Waals surface area contributed by atoms with Gasteiger partial charge in [-0.1, -0.05) is 97.1 Å². The topological polar surface area (TPSA) is 127 Å². The highest BCUT2D eigenvalue weighted by Crippen LogP contribution is 2.65. The lowest BCUT2D eigenvalue weighted by atomic mass is 9.65. The molecule has 11 nitrogen and oxygen atoms in total. The maximum Gasteiger partial charge on any atom is 0.324 e. The molecule has 5 aromatic rings. The van der Waals surface area contributed by atoms with Crippen molar-refractivity contribution < 1.29 is 38.4 Å². The number of fused-ring (bicyclic) bond motifs is 4. The quantitative estimate of drug-likeness (QED) is 0.176. The molecule has 0 aromatic heterocycles. The Morgan fingerprint density at radius 2 is 1.46 bits per heavy atom. The summed E-state index contributed by atoms with van der Waals surface area (Å²) >= 11 is 0. The number of nitrogens with one attached hydrogen (secondary N) is 1. The van der Waals surface area contributed by atoms with Crippen LogP contribution in [-0.4, -0.2) is 72.7 Å². The molecule has 1 spiro atoms. The van der Waals surface area contributed by atoms with Crippen LogP contribution in [-0.2, 0) is 37.5 Å². The van der Waals surface area contributed by atoms with Gasteiger partial charge in [0.1, 0.15) is 29.9 Å². The highest BCUT2D eigenvalue weighted by atomic mass is 16.6. The summed E-state index contributed by atoms with van der Waals surface area (Å²) in [6.45, 7) is 0.364. The van der Waals surface area contributed by atoms with Crippen LogP contribution in [0.5, 0.6) is 17.2 Å². The van der Waals surface area contributed by atoms with Crippen LogP contribution >= 0.6 is 0 Å². The van der Waals surface area contributed by atoms with Gasteiger partial charge in [0, 0.05) is 24.3 Å².